The van der Waals surface area contributed by atoms with Crippen molar-refractivity contribution in [3.8, 4) is 17.2 Å². The van der Waals surface area contributed by atoms with Crippen LogP contribution in [0.2, 0.25) is 0 Å². The third-order valence-corrected chi connectivity index (χ3v) is 5.21. The summed E-state index contributed by atoms with van der Waals surface area (Å²) in [7, 11) is 1.60. The van der Waals surface area contributed by atoms with E-state index in [-0.39, 0.29) is 12.5 Å². The highest BCUT2D eigenvalue weighted by Gasteiger charge is 2.17. The molecule has 3 aromatic rings. The summed E-state index contributed by atoms with van der Waals surface area (Å²) in [5.74, 6) is 1.98. The number of nitro benzene ring substituents is 1. The first kappa shape index (κ1) is 18.8. The lowest BCUT2D eigenvalue weighted by atomic mass is 10.2. The second-order valence-electron chi connectivity index (χ2n) is 6.05. The molecule has 3 aromatic carbocycles. The van der Waals surface area contributed by atoms with Gasteiger partial charge in [0.1, 0.15) is 5.75 Å². The second kappa shape index (κ2) is 8.24. The van der Waals surface area contributed by atoms with Crippen LogP contribution in [0.3, 0.4) is 0 Å². The first-order valence-corrected chi connectivity index (χ1v) is 9.48. The largest absolute Gasteiger partial charge is 0.496 e. The molecule has 4 rings (SSSR count). The van der Waals surface area contributed by atoms with E-state index < -0.39 is 4.92 Å². The highest BCUT2D eigenvalue weighted by atomic mass is 32.2. The lowest BCUT2D eigenvalue weighted by Gasteiger charge is -2.06. The van der Waals surface area contributed by atoms with Crippen molar-refractivity contribution in [3.63, 3.8) is 0 Å². The van der Waals surface area contributed by atoms with E-state index in [1.165, 1.54) is 23.9 Å². The molecule has 8 heteroatoms. The summed E-state index contributed by atoms with van der Waals surface area (Å²) in [5.41, 5.74) is 1.66. The average molecular weight is 408 g/mol. The molecular weight excluding hydrogens is 392 g/mol. The molecule has 1 aliphatic rings. The molecule has 0 atom stereocenters. The molecule has 0 aliphatic carbocycles. The summed E-state index contributed by atoms with van der Waals surface area (Å²) in [4.78, 5) is 16.8. The predicted octanol–water partition coefficient (Wildman–Crippen LogP) is 5.23. The Labute approximate surface area is 171 Å². The van der Waals surface area contributed by atoms with Crippen LogP contribution in [-0.4, -0.2) is 25.0 Å². The SMILES string of the molecule is COc1cc2c(cc1C=Nc1ccc(Sc3ccc([N+](=O)[O-])cc3)cc1)OCO2. The van der Waals surface area contributed by atoms with Gasteiger partial charge in [-0.15, -0.1) is 0 Å². The van der Waals surface area contributed by atoms with Crippen molar-refractivity contribution in [1.82, 2.24) is 0 Å². The number of ether oxygens (including phenoxy) is 3. The van der Waals surface area contributed by atoms with Gasteiger partial charge in [-0.25, -0.2) is 0 Å². The Morgan fingerprint density at radius 1 is 1.03 bits per heavy atom. The Morgan fingerprint density at radius 2 is 1.66 bits per heavy atom. The van der Waals surface area contributed by atoms with Crippen molar-refractivity contribution in [2.45, 2.75) is 9.79 Å². The summed E-state index contributed by atoms with van der Waals surface area (Å²) in [6.45, 7) is 0.201. The Bertz CT molecular complexity index is 1070. The van der Waals surface area contributed by atoms with Crippen LogP contribution < -0.4 is 14.2 Å². The zero-order chi connectivity index (χ0) is 20.2. The third-order valence-electron chi connectivity index (χ3n) is 4.20. The van der Waals surface area contributed by atoms with Crippen molar-refractivity contribution in [1.29, 1.82) is 0 Å². The number of hydrogen-bond acceptors (Lipinski definition) is 7. The quantitative estimate of drug-likeness (QED) is 0.315. The molecule has 7 nitrogen and oxygen atoms in total. The molecule has 0 aromatic heterocycles. The first-order valence-electron chi connectivity index (χ1n) is 8.66. The normalized spacial score (nSPS) is 12.3. The summed E-state index contributed by atoms with van der Waals surface area (Å²) < 4.78 is 16.2. The minimum absolute atomic E-state index is 0.0815. The van der Waals surface area contributed by atoms with Gasteiger partial charge in [-0.3, -0.25) is 15.1 Å². The molecule has 0 radical (unpaired) electrons. The average Bonchev–Trinajstić information content (AvgIpc) is 3.20. The molecule has 0 unspecified atom stereocenters. The zero-order valence-electron chi connectivity index (χ0n) is 15.4. The minimum Gasteiger partial charge on any atom is -0.496 e. The molecule has 1 aliphatic heterocycles. The fourth-order valence-corrected chi connectivity index (χ4v) is 3.55. The molecule has 0 spiro atoms. The van der Waals surface area contributed by atoms with Gasteiger partial charge < -0.3 is 14.2 Å². The molecule has 0 saturated heterocycles. The molecule has 0 N–H and O–H groups in total. The lowest BCUT2D eigenvalue weighted by molar-refractivity contribution is -0.384. The highest BCUT2D eigenvalue weighted by Crippen LogP contribution is 2.37. The summed E-state index contributed by atoms with van der Waals surface area (Å²) >= 11 is 1.53. The summed E-state index contributed by atoms with van der Waals surface area (Å²) in [6, 6.07) is 17.8. The van der Waals surface area contributed by atoms with Gasteiger partial charge in [0.2, 0.25) is 6.79 Å². The van der Waals surface area contributed by atoms with Gasteiger partial charge in [-0.2, -0.15) is 0 Å². The molecule has 29 heavy (non-hydrogen) atoms. The van der Waals surface area contributed by atoms with Crippen molar-refractivity contribution < 1.29 is 19.1 Å². The van der Waals surface area contributed by atoms with Crippen LogP contribution in [0.1, 0.15) is 5.56 Å². The third kappa shape index (κ3) is 4.33. The van der Waals surface area contributed by atoms with Crippen molar-refractivity contribution in [3.05, 3.63) is 76.3 Å². The number of rotatable bonds is 6. The monoisotopic (exact) mass is 408 g/mol. The standard InChI is InChI=1S/C21H16N2O5S/c1-26-19-11-21-20(27-13-28-21)10-14(19)12-22-15-2-6-17(7-3-15)29-18-8-4-16(5-9-18)23(24)25/h2-12H,13H2,1H3. The minimum atomic E-state index is -0.406. The van der Waals surface area contributed by atoms with Gasteiger partial charge in [0, 0.05) is 39.8 Å². The Balaban J connectivity index is 1.46. The smallest absolute Gasteiger partial charge is 0.269 e. The van der Waals surface area contributed by atoms with Gasteiger partial charge in [-0.1, -0.05) is 11.8 Å². The van der Waals surface area contributed by atoms with E-state index in [0.29, 0.717) is 17.2 Å². The van der Waals surface area contributed by atoms with Crippen LogP contribution in [-0.2, 0) is 0 Å². The van der Waals surface area contributed by atoms with E-state index in [9.17, 15) is 10.1 Å². The van der Waals surface area contributed by atoms with Crippen molar-refractivity contribution >= 4 is 29.4 Å². The number of benzene rings is 3. The number of aliphatic imine (C=N–C) groups is 1. The highest BCUT2D eigenvalue weighted by molar-refractivity contribution is 7.99. The van der Waals surface area contributed by atoms with E-state index in [4.69, 9.17) is 14.2 Å². The van der Waals surface area contributed by atoms with E-state index in [1.54, 1.807) is 31.5 Å². The number of fused-ring (bicyclic) bond motifs is 1. The molecule has 0 amide bonds. The summed E-state index contributed by atoms with van der Waals surface area (Å²) in [5, 5.41) is 10.7. The van der Waals surface area contributed by atoms with Gasteiger partial charge in [-0.05, 0) is 42.5 Å². The number of nitro groups is 1. The number of nitrogens with zero attached hydrogens (tertiary/aromatic N) is 2. The maximum Gasteiger partial charge on any atom is 0.269 e. The van der Waals surface area contributed by atoms with Crippen LogP contribution in [0.4, 0.5) is 11.4 Å². The van der Waals surface area contributed by atoms with Crippen LogP contribution in [0, 0.1) is 10.1 Å². The summed E-state index contributed by atoms with van der Waals surface area (Å²) in [6.07, 6.45) is 1.72. The Kier molecular flexibility index (Phi) is 5.35. The van der Waals surface area contributed by atoms with E-state index in [1.807, 2.05) is 30.3 Å². The van der Waals surface area contributed by atoms with Crippen molar-refractivity contribution in [2.24, 2.45) is 4.99 Å². The Hall–Kier alpha value is -3.52. The molecule has 0 bridgehead atoms. The van der Waals surface area contributed by atoms with Gasteiger partial charge in [0.05, 0.1) is 17.7 Å². The van der Waals surface area contributed by atoms with Gasteiger partial charge >= 0.3 is 0 Å². The van der Waals surface area contributed by atoms with Crippen LogP contribution in [0.25, 0.3) is 0 Å². The maximum atomic E-state index is 10.7. The topological polar surface area (TPSA) is 83.2 Å². The number of non-ortho nitro benzene ring substituents is 1. The van der Waals surface area contributed by atoms with Crippen LogP contribution in [0.15, 0.2) is 75.4 Å². The van der Waals surface area contributed by atoms with Gasteiger partial charge in [0.25, 0.3) is 5.69 Å². The fraction of sp³-hybridized carbons (Fsp3) is 0.0952. The number of hydrogen-bond donors (Lipinski definition) is 0. The maximum absolute atomic E-state index is 10.7. The molecule has 1 heterocycles. The molecule has 0 saturated carbocycles. The van der Waals surface area contributed by atoms with Crippen LogP contribution in [0.5, 0.6) is 17.2 Å². The zero-order valence-corrected chi connectivity index (χ0v) is 16.2. The lowest BCUT2D eigenvalue weighted by Crippen LogP contribution is -1.92. The van der Waals surface area contributed by atoms with Crippen molar-refractivity contribution in [2.75, 3.05) is 13.9 Å². The van der Waals surface area contributed by atoms with E-state index in [0.717, 1.165) is 21.0 Å². The van der Waals surface area contributed by atoms with Gasteiger partial charge in [0.15, 0.2) is 11.5 Å². The Morgan fingerprint density at radius 3 is 2.28 bits per heavy atom. The second-order valence-corrected chi connectivity index (χ2v) is 7.20. The number of methoxy groups -OCH3 is 1. The molecular formula is C21H16N2O5S. The van der Waals surface area contributed by atoms with E-state index in [2.05, 4.69) is 4.99 Å². The van der Waals surface area contributed by atoms with E-state index >= 15 is 0 Å². The predicted molar refractivity (Wildman–Crippen MR) is 110 cm³/mol. The first-order chi connectivity index (χ1) is 14.1. The fourth-order valence-electron chi connectivity index (χ4n) is 2.73. The van der Waals surface area contributed by atoms with Crippen LogP contribution >= 0.6 is 11.8 Å². The molecule has 0 fully saturated rings. The molecule has 146 valence electrons.